The average molecular weight is 215 g/mol. The molecule has 2 rings (SSSR count). The lowest BCUT2D eigenvalue weighted by atomic mass is 10.1. The summed E-state index contributed by atoms with van der Waals surface area (Å²) in [6.07, 6.45) is 3.97. The van der Waals surface area contributed by atoms with Gasteiger partial charge in [0.15, 0.2) is 0 Å². The van der Waals surface area contributed by atoms with Crippen molar-refractivity contribution >= 4 is 11.6 Å². The SMILES string of the molecule is CCc1ccccc1NC(=O)c1cn[nH]c1. The number of rotatable bonds is 3. The Hall–Kier alpha value is -2.10. The molecule has 1 amide bonds. The van der Waals surface area contributed by atoms with Gasteiger partial charge in [-0.2, -0.15) is 5.10 Å². The number of aromatic amines is 1. The Morgan fingerprint density at radius 3 is 2.94 bits per heavy atom. The van der Waals surface area contributed by atoms with E-state index in [1.807, 2.05) is 24.3 Å². The van der Waals surface area contributed by atoms with Gasteiger partial charge in [0, 0.05) is 11.9 Å². The van der Waals surface area contributed by atoms with Gasteiger partial charge in [-0.3, -0.25) is 9.89 Å². The first kappa shape index (κ1) is 10.4. The first-order valence-electron chi connectivity index (χ1n) is 5.19. The van der Waals surface area contributed by atoms with E-state index < -0.39 is 0 Å². The van der Waals surface area contributed by atoms with Crippen molar-refractivity contribution < 1.29 is 4.79 Å². The van der Waals surface area contributed by atoms with Crippen LogP contribution < -0.4 is 5.32 Å². The van der Waals surface area contributed by atoms with Crippen molar-refractivity contribution in [1.82, 2.24) is 10.2 Å². The Balaban J connectivity index is 2.18. The molecular formula is C12H13N3O. The highest BCUT2D eigenvalue weighted by atomic mass is 16.1. The van der Waals surface area contributed by atoms with Gasteiger partial charge >= 0.3 is 0 Å². The summed E-state index contributed by atoms with van der Waals surface area (Å²) in [4.78, 5) is 11.8. The van der Waals surface area contributed by atoms with Gasteiger partial charge in [-0.1, -0.05) is 25.1 Å². The zero-order chi connectivity index (χ0) is 11.4. The van der Waals surface area contributed by atoms with Gasteiger partial charge in [0.1, 0.15) is 0 Å². The van der Waals surface area contributed by atoms with Crippen LogP contribution in [0.25, 0.3) is 0 Å². The molecule has 0 aliphatic heterocycles. The van der Waals surface area contributed by atoms with Crippen LogP contribution in [0.4, 0.5) is 5.69 Å². The molecule has 0 aliphatic rings. The monoisotopic (exact) mass is 215 g/mol. The molecule has 0 saturated heterocycles. The number of H-pyrrole nitrogens is 1. The first-order valence-corrected chi connectivity index (χ1v) is 5.19. The molecule has 4 heteroatoms. The number of anilines is 1. The Kier molecular flexibility index (Phi) is 3.00. The number of amides is 1. The summed E-state index contributed by atoms with van der Waals surface area (Å²) in [5.74, 6) is -0.144. The normalized spacial score (nSPS) is 10.1. The lowest BCUT2D eigenvalue weighted by Crippen LogP contribution is -2.12. The maximum atomic E-state index is 11.8. The summed E-state index contributed by atoms with van der Waals surface area (Å²) >= 11 is 0. The molecule has 0 saturated carbocycles. The quantitative estimate of drug-likeness (QED) is 0.824. The molecule has 2 N–H and O–H groups in total. The number of hydrogen-bond acceptors (Lipinski definition) is 2. The van der Waals surface area contributed by atoms with Crippen LogP contribution in [-0.4, -0.2) is 16.1 Å². The fraction of sp³-hybridized carbons (Fsp3) is 0.167. The average Bonchev–Trinajstić information content (AvgIpc) is 2.83. The molecule has 0 atom stereocenters. The van der Waals surface area contributed by atoms with Crippen molar-refractivity contribution in [2.24, 2.45) is 0 Å². The smallest absolute Gasteiger partial charge is 0.258 e. The minimum atomic E-state index is -0.144. The molecule has 2 aromatic rings. The molecule has 1 aromatic heterocycles. The highest BCUT2D eigenvalue weighted by molar-refractivity contribution is 6.04. The van der Waals surface area contributed by atoms with Crippen LogP contribution >= 0.6 is 0 Å². The van der Waals surface area contributed by atoms with Gasteiger partial charge in [-0.05, 0) is 18.1 Å². The molecule has 1 aromatic carbocycles. The lowest BCUT2D eigenvalue weighted by Gasteiger charge is -2.08. The third kappa shape index (κ3) is 2.11. The second-order valence-electron chi connectivity index (χ2n) is 3.45. The predicted molar refractivity (Wildman–Crippen MR) is 62.4 cm³/mol. The largest absolute Gasteiger partial charge is 0.322 e. The number of benzene rings is 1. The number of carbonyl (C=O) groups is 1. The molecule has 0 radical (unpaired) electrons. The minimum Gasteiger partial charge on any atom is -0.322 e. The molecule has 0 fully saturated rings. The van der Waals surface area contributed by atoms with Crippen molar-refractivity contribution in [3.8, 4) is 0 Å². The third-order valence-electron chi connectivity index (χ3n) is 2.41. The lowest BCUT2D eigenvalue weighted by molar-refractivity contribution is 0.102. The van der Waals surface area contributed by atoms with Crippen molar-refractivity contribution in [2.75, 3.05) is 5.32 Å². The van der Waals surface area contributed by atoms with E-state index in [0.29, 0.717) is 5.56 Å². The van der Waals surface area contributed by atoms with Gasteiger partial charge in [-0.15, -0.1) is 0 Å². The Labute approximate surface area is 93.7 Å². The van der Waals surface area contributed by atoms with E-state index in [9.17, 15) is 4.79 Å². The van der Waals surface area contributed by atoms with Crippen molar-refractivity contribution in [3.63, 3.8) is 0 Å². The summed E-state index contributed by atoms with van der Waals surface area (Å²) in [5.41, 5.74) is 2.52. The number of nitrogens with one attached hydrogen (secondary N) is 2. The third-order valence-corrected chi connectivity index (χ3v) is 2.41. The zero-order valence-electron chi connectivity index (χ0n) is 9.03. The molecule has 16 heavy (non-hydrogen) atoms. The Morgan fingerprint density at radius 1 is 1.44 bits per heavy atom. The van der Waals surface area contributed by atoms with E-state index in [4.69, 9.17) is 0 Å². The van der Waals surface area contributed by atoms with E-state index in [-0.39, 0.29) is 5.91 Å². The maximum Gasteiger partial charge on any atom is 0.258 e. The van der Waals surface area contributed by atoms with E-state index >= 15 is 0 Å². The predicted octanol–water partition coefficient (Wildman–Crippen LogP) is 2.22. The highest BCUT2D eigenvalue weighted by Crippen LogP contribution is 2.16. The van der Waals surface area contributed by atoms with Crippen LogP contribution in [0.2, 0.25) is 0 Å². The van der Waals surface area contributed by atoms with Crippen molar-refractivity contribution in [1.29, 1.82) is 0 Å². The van der Waals surface area contributed by atoms with Gasteiger partial charge in [0.2, 0.25) is 0 Å². The summed E-state index contributed by atoms with van der Waals surface area (Å²) in [7, 11) is 0. The molecular weight excluding hydrogens is 202 g/mol. The summed E-state index contributed by atoms with van der Waals surface area (Å²) in [6.45, 7) is 2.06. The topological polar surface area (TPSA) is 57.8 Å². The fourth-order valence-corrected chi connectivity index (χ4v) is 1.52. The Bertz CT molecular complexity index is 477. The summed E-state index contributed by atoms with van der Waals surface area (Å²) in [6, 6.07) is 7.78. The van der Waals surface area contributed by atoms with Crippen molar-refractivity contribution in [3.05, 3.63) is 47.8 Å². The van der Waals surface area contributed by atoms with Gasteiger partial charge in [0.25, 0.3) is 5.91 Å². The number of hydrogen-bond donors (Lipinski definition) is 2. The second kappa shape index (κ2) is 4.61. The highest BCUT2D eigenvalue weighted by Gasteiger charge is 2.08. The van der Waals surface area contributed by atoms with Gasteiger partial charge < -0.3 is 5.32 Å². The van der Waals surface area contributed by atoms with E-state index in [0.717, 1.165) is 17.7 Å². The molecule has 0 spiro atoms. The van der Waals surface area contributed by atoms with Gasteiger partial charge in [-0.25, -0.2) is 0 Å². The van der Waals surface area contributed by atoms with E-state index in [1.165, 1.54) is 6.20 Å². The number of para-hydroxylation sites is 1. The van der Waals surface area contributed by atoms with E-state index in [2.05, 4.69) is 22.4 Å². The molecule has 0 aliphatic carbocycles. The molecule has 1 heterocycles. The molecule has 82 valence electrons. The number of aryl methyl sites for hydroxylation is 1. The van der Waals surface area contributed by atoms with Crippen LogP contribution in [0.5, 0.6) is 0 Å². The number of nitrogens with zero attached hydrogens (tertiary/aromatic N) is 1. The van der Waals surface area contributed by atoms with Crippen molar-refractivity contribution in [2.45, 2.75) is 13.3 Å². The Morgan fingerprint density at radius 2 is 2.25 bits per heavy atom. The van der Waals surface area contributed by atoms with Crippen LogP contribution in [0.3, 0.4) is 0 Å². The van der Waals surface area contributed by atoms with E-state index in [1.54, 1.807) is 6.20 Å². The molecule has 0 bridgehead atoms. The van der Waals surface area contributed by atoms with Crippen LogP contribution in [-0.2, 0) is 6.42 Å². The summed E-state index contributed by atoms with van der Waals surface area (Å²) in [5, 5.41) is 9.22. The van der Waals surface area contributed by atoms with Crippen LogP contribution in [0.15, 0.2) is 36.7 Å². The zero-order valence-corrected chi connectivity index (χ0v) is 9.03. The van der Waals surface area contributed by atoms with Crippen LogP contribution in [0.1, 0.15) is 22.8 Å². The molecule has 4 nitrogen and oxygen atoms in total. The minimum absolute atomic E-state index is 0.144. The van der Waals surface area contributed by atoms with Crippen LogP contribution in [0, 0.1) is 0 Å². The molecule has 0 unspecified atom stereocenters. The number of carbonyl (C=O) groups excluding carboxylic acids is 1. The number of aromatic nitrogens is 2. The first-order chi connectivity index (χ1) is 7.81. The fourth-order valence-electron chi connectivity index (χ4n) is 1.52. The second-order valence-corrected chi connectivity index (χ2v) is 3.45. The van der Waals surface area contributed by atoms with Gasteiger partial charge in [0.05, 0.1) is 11.8 Å². The summed E-state index contributed by atoms with van der Waals surface area (Å²) < 4.78 is 0. The maximum absolute atomic E-state index is 11.8. The standard InChI is InChI=1S/C12H13N3O/c1-2-9-5-3-4-6-11(9)15-12(16)10-7-13-14-8-10/h3-8H,2H2,1H3,(H,13,14)(H,15,16).